The Hall–Kier alpha value is -0.860. The maximum Gasteiger partial charge on any atom is 0.0349 e. The molecule has 2 N–H and O–H groups in total. The molecule has 0 unspecified atom stereocenters. The van der Waals surface area contributed by atoms with Gasteiger partial charge in [0.1, 0.15) is 0 Å². The largest absolute Gasteiger partial charge is 0.326 e. The van der Waals surface area contributed by atoms with E-state index in [4.69, 9.17) is 5.73 Å². The van der Waals surface area contributed by atoms with Crippen LogP contribution in [-0.4, -0.2) is 0 Å². The van der Waals surface area contributed by atoms with Crippen LogP contribution in [0.5, 0.6) is 0 Å². The summed E-state index contributed by atoms with van der Waals surface area (Å²) in [6.07, 6.45) is 1.13. The summed E-state index contributed by atoms with van der Waals surface area (Å²) >= 11 is 1.86. The maximum atomic E-state index is 5.90. The average molecular weight is 261 g/mol. The molecule has 1 aromatic heterocycles. The molecule has 98 valence electrons. The van der Waals surface area contributed by atoms with Gasteiger partial charge in [0.05, 0.1) is 0 Å². The minimum atomic E-state index is 0.586. The molecule has 2 rings (SSSR count). The van der Waals surface area contributed by atoms with E-state index >= 15 is 0 Å². The Bertz CT molecular complexity index is 537. The molecule has 0 bridgehead atoms. The first-order valence-electron chi connectivity index (χ1n) is 6.77. The van der Waals surface area contributed by atoms with E-state index in [0.29, 0.717) is 18.4 Å². The average Bonchev–Trinajstić information content (AvgIpc) is 2.66. The van der Waals surface area contributed by atoms with E-state index in [1.807, 2.05) is 11.3 Å². The van der Waals surface area contributed by atoms with Gasteiger partial charge in [-0.15, -0.1) is 11.3 Å². The molecule has 1 aromatic carbocycles. The smallest absolute Gasteiger partial charge is 0.0349 e. The predicted molar refractivity (Wildman–Crippen MR) is 82.3 cm³/mol. The molecular formula is C16H23NS. The van der Waals surface area contributed by atoms with Crippen molar-refractivity contribution >= 4 is 21.4 Å². The number of hydrogen-bond donors (Lipinski definition) is 1. The van der Waals surface area contributed by atoms with Crippen molar-refractivity contribution in [3.8, 4) is 0 Å². The van der Waals surface area contributed by atoms with Crippen molar-refractivity contribution in [3.05, 3.63) is 34.2 Å². The topological polar surface area (TPSA) is 26.0 Å². The van der Waals surface area contributed by atoms with E-state index in [1.54, 1.807) is 0 Å². The van der Waals surface area contributed by atoms with Gasteiger partial charge in [-0.2, -0.15) is 0 Å². The predicted octanol–water partition coefficient (Wildman–Crippen LogP) is 4.68. The van der Waals surface area contributed by atoms with E-state index in [0.717, 1.165) is 6.42 Å². The molecule has 0 fully saturated rings. The summed E-state index contributed by atoms with van der Waals surface area (Å²) in [6, 6.07) is 6.88. The first kappa shape index (κ1) is 13.6. The Labute approximate surface area is 114 Å². The van der Waals surface area contributed by atoms with Crippen molar-refractivity contribution in [2.45, 2.75) is 46.6 Å². The van der Waals surface area contributed by atoms with Gasteiger partial charge in [0.2, 0.25) is 0 Å². The molecule has 18 heavy (non-hydrogen) atoms. The monoisotopic (exact) mass is 261 g/mol. The molecule has 2 heteroatoms. The van der Waals surface area contributed by atoms with E-state index in [1.165, 1.54) is 26.1 Å². The molecule has 0 saturated carbocycles. The Balaban J connectivity index is 2.58. The minimum absolute atomic E-state index is 0.586. The highest BCUT2D eigenvalue weighted by molar-refractivity contribution is 7.19. The van der Waals surface area contributed by atoms with Gasteiger partial charge in [0, 0.05) is 16.1 Å². The van der Waals surface area contributed by atoms with Crippen LogP contribution in [0.3, 0.4) is 0 Å². The molecule has 0 saturated heterocycles. The zero-order valence-corrected chi connectivity index (χ0v) is 12.6. The lowest BCUT2D eigenvalue weighted by molar-refractivity contribution is 0.647. The van der Waals surface area contributed by atoms with Crippen LogP contribution in [0.25, 0.3) is 10.1 Å². The van der Waals surface area contributed by atoms with Gasteiger partial charge in [-0.05, 0) is 46.9 Å². The number of benzene rings is 1. The van der Waals surface area contributed by atoms with Crippen molar-refractivity contribution in [2.75, 3.05) is 0 Å². The first-order valence-corrected chi connectivity index (χ1v) is 7.58. The van der Waals surface area contributed by atoms with E-state index in [-0.39, 0.29) is 0 Å². The molecule has 0 amide bonds. The second-order valence-corrected chi connectivity index (χ2v) is 6.85. The van der Waals surface area contributed by atoms with Gasteiger partial charge in [0.15, 0.2) is 0 Å². The van der Waals surface area contributed by atoms with Crippen molar-refractivity contribution in [3.63, 3.8) is 0 Å². The molecule has 0 atom stereocenters. The number of thiophene rings is 1. The van der Waals surface area contributed by atoms with Gasteiger partial charge in [-0.25, -0.2) is 0 Å². The summed E-state index contributed by atoms with van der Waals surface area (Å²) in [4.78, 5) is 1.36. The minimum Gasteiger partial charge on any atom is -0.326 e. The molecule has 0 aliphatic rings. The van der Waals surface area contributed by atoms with Crippen LogP contribution in [0.2, 0.25) is 0 Å². The summed E-state index contributed by atoms with van der Waals surface area (Å²) in [5.41, 5.74) is 8.80. The summed E-state index contributed by atoms with van der Waals surface area (Å²) in [7, 11) is 0. The Morgan fingerprint density at radius 2 is 1.89 bits per heavy atom. The lowest BCUT2D eigenvalue weighted by Gasteiger charge is -2.08. The van der Waals surface area contributed by atoms with Gasteiger partial charge < -0.3 is 5.73 Å². The number of nitrogens with two attached hydrogens (primary N) is 1. The molecule has 1 nitrogen and oxygen atoms in total. The SMILES string of the molecule is CC(C)Cc1c(CN)sc2ccc(C(C)C)cc12. The highest BCUT2D eigenvalue weighted by Gasteiger charge is 2.13. The van der Waals surface area contributed by atoms with Crippen LogP contribution in [-0.2, 0) is 13.0 Å². The lowest BCUT2D eigenvalue weighted by atomic mass is 9.96. The number of fused-ring (bicyclic) bond motifs is 1. The zero-order valence-electron chi connectivity index (χ0n) is 11.8. The third-order valence-electron chi connectivity index (χ3n) is 3.36. The molecule has 1 heterocycles. The number of hydrogen-bond acceptors (Lipinski definition) is 2. The summed E-state index contributed by atoms with van der Waals surface area (Å²) in [5.74, 6) is 1.26. The molecule has 0 radical (unpaired) electrons. The fourth-order valence-electron chi connectivity index (χ4n) is 2.37. The van der Waals surface area contributed by atoms with Gasteiger partial charge in [0.25, 0.3) is 0 Å². The van der Waals surface area contributed by atoms with Crippen molar-refractivity contribution in [1.29, 1.82) is 0 Å². The highest BCUT2D eigenvalue weighted by Crippen LogP contribution is 2.34. The summed E-state index contributed by atoms with van der Waals surface area (Å²) < 4.78 is 1.38. The lowest BCUT2D eigenvalue weighted by Crippen LogP contribution is -2.01. The first-order chi connectivity index (χ1) is 8.52. The van der Waals surface area contributed by atoms with Gasteiger partial charge in [-0.3, -0.25) is 0 Å². The molecule has 0 aliphatic carbocycles. The quantitative estimate of drug-likeness (QED) is 0.849. The third-order valence-corrected chi connectivity index (χ3v) is 4.60. The maximum absolute atomic E-state index is 5.90. The van der Waals surface area contributed by atoms with Gasteiger partial charge >= 0.3 is 0 Å². The second-order valence-electron chi connectivity index (χ2n) is 5.72. The normalized spacial score (nSPS) is 11.9. The molecule has 0 aliphatic heterocycles. The Morgan fingerprint density at radius 1 is 1.17 bits per heavy atom. The van der Waals surface area contributed by atoms with Gasteiger partial charge in [-0.1, -0.05) is 33.8 Å². The van der Waals surface area contributed by atoms with Crippen LogP contribution >= 0.6 is 11.3 Å². The van der Waals surface area contributed by atoms with E-state index in [9.17, 15) is 0 Å². The molecule has 0 spiro atoms. The Morgan fingerprint density at radius 3 is 2.44 bits per heavy atom. The third kappa shape index (κ3) is 2.60. The fraction of sp³-hybridized carbons (Fsp3) is 0.500. The van der Waals surface area contributed by atoms with Crippen molar-refractivity contribution in [1.82, 2.24) is 0 Å². The van der Waals surface area contributed by atoms with Crippen molar-refractivity contribution < 1.29 is 0 Å². The van der Waals surface area contributed by atoms with Crippen molar-refractivity contribution in [2.24, 2.45) is 11.7 Å². The van der Waals surface area contributed by atoms with Crippen LogP contribution in [0.15, 0.2) is 18.2 Å². The van der Waals surface area contributed by atoms with Crippen LogP contribution in [0, 0.1) is 5.92 Å². The Kier molecular flexibility index (Phi) is 4.08. The van der Waals surface area contributed by atoms with E-state index in [2.05, 4.69) is 45.9 Å². The summed E-state index contributed by atoms with van der Waals surface area (Å²) in [6.45, 7) is 9.71. The highest BCUT2D eigenvalue weighted by atomic mass is 32.1. The fourth-order valence-corrected chi connectivity index (χ4v) is 3.47. The zero-order chi connectivity index (χ0) is 13.3. The number of rotatable bonds is 4. The second kappa shape index (κ2) is 5.41. The summed E-state index contributed by atoms with van der Waals surface area (Å²) in [5, 5.41) is 1.43. The standard InChI is InChI=1S/C16H23NS/c1-10(2)7-13-14-8-12(11(3)4)5-6-15(14)18-16(13)9-17/h5-6,8,10-11H,7,9,17H2,1-4H3. The van der Waals surface area contributed by atoms with Crippen LogP contribution in [0.4, 0.5) is 0 Å². The van der Waals surface area contributed by atoms with E-state index < -0.39 is 0 Å². The molecule has 2 aromatic rings. The molecular weight excluding hydrogens is 238 g/mol. The van der Waals surface area contributed by atoms with Crippen LogP contribution < -0.4 is 5.73 Å². The van der Waals surface area contributed by atoms with Crippen LogP contribution in [0.1, 0.15) is 49.6 Å².